The average molecular weight is 432 g/mol. The van der Waals surface area contributed by atoms with E-state index in [1.54, 1.807) is 13.3 Å². The summed E-state index contributed by atoms with van der Waals surface area (Å²) >= 11 is 0. The number of nitrogens with one attached hydrogen (secondary N) is 4. The summed E-state index contributed by atoms with van der Waals surface area (Å²) in [7, 11) is 1.72. The molecule has 2 saturated carbocycles. The molecule has 1 atom stereocenters. The fourth-order valence-corrected chi connectivity index (χ4v) is 4.07. The van der Waals surface area contributed by atoms with Crippen LogP contribution in [-0.4, -0.2) is 55.0 Å². The SMILES string of the molecule is COCCNC1CCC(NC2=NC(c3cnnc(NCC4(C)CC4)c3)C(F)=CN2)CC1. The highest BCUT2D eigenvalue weighted by molar-refractivity contribution is 5.82. The summed E-state index contributed by atoms with van der Waals surface area (Å²) in [6.45, 7) is 4.72. The van der Waals surface area contributed by atoms with Crippen LogP contribution in [0.15, 0.2) is 29.3 Å². The van der Waals surface area contributed by atoms with E-state index in [-0.39, 0.29) is 5.83 Å². The Bertz CT molecular complexity index is 803. The van der Waals surface area contributed by atoms with Crippen LogP contribution in [-0.2, 0) is 4.74 Å². The Morgan fingerprint density at radius 3 is 2.74 bits per heavy atom. The third-order valence-electron chi connectivity index (χ3n) is 6.46. The van der Waals surface area contributed by atoms with Crippen LogP contribution < -0.4 is 21.3 Å². The number of methoxy groups -OCH3 is 1. The predicted octanol–water partition coefficient (Wildman–Crippen LogP) is 2.64. The zero-order chi connectivity index (χ0) is 21.7. The first kappa shape index (κ1) is 22.0. The van der Waals surface area contributed by atoms with Crippen molar-refractivity contribution in [2.45, 2.75) is 63.6 Å². The van der Waals surface area contributed by atoms with Gasteiger partial charge in [0.1, 0.15) is 17.7 Å². The van der Waals surface area contributed by atoms with Crippen LogP contribution in [0, 0.1) is 5.41 Å². The van der Waals surface area contributed by atoms with Gasteiger partial charge < -0.3 is 26.0 Å². The highest BCUT2D eigenvalue weighted by Gasteiger charge is 2.37. The van der Waals surface area contributed by atoms with E-state index in [0.717, 1.165) is 45.4 Å². The van der Waals surface area contributed by atoms with E-state index in [1.807, 2.05) is 6.07 Å². The molecule has 1 aromatic heterocycles. The van der Waals surface area contributed by atoms with Crippen molar-refractivity contribution < 1.29 is 9.13 Å². The molecule has 0 amide bonds. The largest absolute Gasteiger partial charge is 0.383 e. The summed E-state index contributed by atoms with van der Waals surface area (Å²) in [5.41, 5.74) is 1.05. The third-order valence-corrected chi connectivity index (χ3v) is 6.46. The van der Waals surface area contributed by atoms with Crippen molar-refractivity contribution in [2.24, 2.45) is 10.4 Å². The molecule has 3 aliphatic rings. The van der Waals surface area contributed by atoms with Gasteiger partial charge in [-0.05, 0) is 50.0 Å². The molecule has 2 fully saturated rings. The average Bonchev–Trinajstić information content (AvgIpc) is 3.53. The zero-order valence-corrected chi connectivity index (χ0v) is 18.5. The van der Waals surface area contributed by atoms with Crippen molar-refractivity contribution in [3.8, 4) is 0 Å². The number of rotatable bonds is 9. The number of hydrogen-bond donors (Lipinski definition) is 4. The van der Waals surface area contributed by atoms with Crippen LogP contribution >= 0.6 is 0 Å². The zero-order valence-electron chi connectivity index (χ0n) is 18.5. The molecule has 0 saturated heterocycles. The Kier molecular flexibility index (Phi) is 7.02. The lowest BCUT2D eigenvalue weighted by Gasteiger charge is -2.31. The molecule has 2 aliphatic carbocycles. The van der Waals surface area contributed by atoms with Crippen LogP contribution in [0.1, 0.15) is 57.1 Å². The van der Waals surface area contributed by atoms with Gasteiger partial charge in [-0.3, -0.25) is 0 Å². The Morgan fingerprint density at radius 2 is 2.00 bits per heavy atom. The second-order valence-electron chi connectivity index (χ2n) is 9.23. The minimum Gasteiger partial charge on any atom is -0.383 e. The molecule has 0 bridgehead atoms. The van der Waals surface area contributed by atoms with Gasteiger partial charge in [0, 0.05) is 44.0 Å². The van der Waals surface area contributed by atoms with Crippen molar-refractivity contribution in [3.63, 3.8) is 0 Å². The van der Waals surface area contributed by atoms with Gasteiger partial charge in [-0.1, -0.05) is 6.92 Å². The van der Waals surface area contributed by atoms with E-state index < -0.39 is 6.04 Å². The first-order valence-corrected chi connectivity index (χ1v) is 11.3. The highest BCUT2D eigenvalue weighted by atomic mass is 19.1. The van der Waals surface area contributed by atoms with Gasteiger partial charge in [0.2, 0.25) is 0 Å². The summed E-state index contributed by atoms with van der Waals surface area (Å²) in [5, 5.41) is 21.5. The quantitative estimate of drug-likeness (QED) is 0.447. The summed E-state index contributed by atoms with van der Waals surface area (Å²) in [6, 6.07) is 2.00. The maximum absolute atomic E-state index is 14.6. The lowest BCUT2D eigenvalue weighted by Crippen LogP contribution is -2.47. The van der Waals surface area contributed by atoms with Crippen molar-refractivity contribution in [3.05, 3.63) is 29.9 Å². The van der Waals surface area contributed by atoms with Gasteiger partial charge in [-0.15, -0.1) is 5.10 Å². The molecule has 0 radical (unpaired) electrons. The molecule has 4 N–H and O–H groups in total. The number of halogens is 1. The van der Waals surface area contributed by atoms with Crippen LogP contribution in [0.3, 0.4) is 0 Å². The van der Waals surface area contributed by atoms with Gasteiger partial charge in [0.15, 0.2) is 5.96 Å². The maximum Gasteiger partial charge on any atom is 0.196 e. The first-order chi connectivity index (χ1) is 15.0. The maximum atomic E-state index is 14.6. The second kappa shape index (κ2) is 9.91. The molecular formula is C22H34FN7O. The summed E-state index contributed by atoms with van der Waals surface area (Å²) in [5.74, 6) is 0.949. The number of aromatic nitrogens is 2. The number of ether oxygens (including phenoxy) is 1. The van der Waals surface area contributed by atoms with Gasteiger partial charge >= 0.3 is 0 Å². The normalized spacial score (nSPS) is 27.0. The van der Waals surface area contributed by atoms with E-state index in [9.17, 15) is 4.39 Å². The van der Waals surface area contributed by atoms with E-state index in [4.69, 9.17) is 4.74 Å². The van der Waals surface area contributed by atoms with Crippen LogP contribution in [0.5, 0.6) is 0 Å². The van der Waals surface area contributed by atoms with Crippen molar-refractivity contribution >= 4 is 11.8 Å². The number of guanidine groups is 1. The lowest BCUT2D eigenvalue weighted by molar-refractivity contribution is 0.190. The molecule has 0 aromatic carbocycles. The smallest absolute Gasteiger partial charge is 0.196 e. The molecule has 8 nitrogen and oxygen atoms in total. The van der Waals surface area contributed by atoms with Gasteiger partial charge in [0.05, 0.1) is 12.8 Å². The Balaban J connectivity index is 1.32. The summed E-state index contributed by atoms with van der Waals surface area (Å²) in [6.07, 6.45) is 9.72. The molecule has 2 heterocycles. The summed E-state index contributed by atoms with van der Waals surface area (Å²) < 4.78 is 19.7. The standard InChI is InChI=1S/C22H34FN7O/c1-22(7-8-22)14-26-19-11-15(12-27-30-19)20-18(23)13-25-21(29-20)28-17-5-3-16(4-6-17)24-9-10-31-2/h11-13,16-17,20,24H,3-10,14H2,1-2H3,(H,26,30)(H2,25,28,29). The van der Waals surface area contributed by atoms with Crippen LogP contribution in [0.4, 0.5) is 10.2 Å². The minimum absolute atomic E-state index is 0.328. The molecule has 9 heteroatoms. The Labute approximate surface area is 183 Å². The minimum atomic E-state index is -0.705. The molecule has 170 valence electrons. The number of nitrogens with zero attached hydrogens (tertiary/aromatic N) is 3. The molecule has 31 heavy (non-hydrogen) atoms. The van der Waals surface area contributed by atoms with Crippen molar-refractivity contribution in [2.75, 3.05) is 32.1 Å². The molecular weight excluding hydrogens is 397 g/mol. The highest BCUT2D eigenvalue weighted by Crippen LogP contribution is 2.44. The van der Waals surface area contributed by atoms with E-state index >= 15 is 0 Å². The number of aliphatic imine (C=N–C) groups is 1. The van der Waals surface area contributed by atoms with Gasteiger partial charge in [-0.2, -0.15) is 5.10 Å². The van der Waals surface area contributed by atoms with Crippen LogP contribution in [0.25, 0.3) is 0 Å². The molecule has 1 unspecified atom stereocenters. The first-order valence-electron chi connectivity index (χ1n) is 11.3. The second-order valence-corrected chi connectivity index (χ2v) is 9.23. The van der Waals surface area contributed by atoms with Crippen molar-refractivity contribution in [1.82, 2.24) is 26.1 Å². The summed E-state index contributed by atoms with van der Waals surface area (Å²) in [4.78, 5) is 4.59. The third kappa shape index (κ3) is 6.13. The topological polar surface area (TPSA) is 95.5 Å². The molecule has 1 aliphatic heterocycles. The Morgan fingerprint density at radius 1 is 1.23 bits per heavy atom. The van der Waals surface area contributed by atoms with Gasteiger partial charge in [-0.25, -0.2) is 9.38 Å². The molecule has 1 aromatic rings. The number of hydrogen-bond acceptors (Lipinski definition) is 8. The molecule has 4 rings (SSSR count). The van der Waals surface area contributed by atoms with Crippen LogP contribution in [0.2, 0.25) is 0 Å². The van der Waals surface area contributed by atoms with Crippen molar-refractivity contribution in [1.29, 1.82) is 0 Å². The fourth-order valence-electron chi connectivity index (χ4n) is 4.07. The van der Waals surface area contributed by atoms with E-state index in [1.165, 1.54) is 19.0 Å². The van der Waals surface area contributed by atoms with E-state index in [0.29, 0.717) is 34.8 Å². The predicted molar refractivity (Wildman–Crippen MR) is 119 cm³/mol. The van der Waals surface area contributed by atoms with E-state index in [2.05, 4.69) is 43.4 Å². The van der Waals surface area contributed by atoms with Gasteiger partial charge in [0.25, 0.3) is 0 Å². The molecule has 0 spiro atoms. The Hall–Kier alpha value is -2.26. The fraction of sp³-hybridized carbons (Fsp3) is 0.682. The number of anilines is 1. The monoisotopic (exact) mass is 431 g/mol. The lowest BCUT2D eigenvalue weighted by atomic mass is 9.91.